The Morgan fingerprint density at radius 1 is 1.43 bits per heavy atom. The number of rotatable bonds is 5. The lowest BCUT2D eigenvalue weighted by molar-refractivity contribution is 0.0527. The first-order chi connectivity index (χ1) is 10.2. The highest BCUT2D eigenvalue weighted by atomic mass is 32.1. The van der Waals surface area contributed by atoms with Crippen molar-refractivity contribution in [1.29, 1.82) is 0 Å². The molecular weight excluding hydrogens is 286 g/mol. The average molecular weight is 309 g/mol. The van der Waals surface area contributed by atoms with Crippen LogP contribution >= 0.6 is 11.3 Å². The molecule has 1 aliphatic heterocycles. The Kier molecular flexibility index (Phi) is 4.57. The normalized spacial score (nSPS) is 21.5. The van der Waals surface area contributed by atoms with Crippen molar-refractivity contribution in [3.05, 3.63) is 16.1 Å². The van der Waals surface area contributed by atoms with Gasteiger partial charge in [0.2, 0.25) is 0 Å². The maximum absolute atomic E-state index is 12.5. The van der Waals surface area contributed by atoms with Crippen LogP contribution in [0, 0.1) is 0 Å². The van der Waals surface area contributed by atoms with Gasteiger partial charge in [0.1, 0.15) is 4.88 Å². The largest absolute Gasteiger partial charge is 0.392 e. The van der Waals surface area contributed by atoms with E-state index in [4.69, 9.17) is 0 Å². The first-order valence-corrected chi connectivity index (χ1v) is 8.64. The van der Waals surface area contributed by atoms with Gasteiger partial charge in [-0.2, -0.15) is 0 Å². The molecule has 1 atom stereocenters. The van der Waals surface area contributed by atoms with Crippen LogP contribution in [0.15, 0.2) is 6.20 Å². The van der Waals surface area contributed by atoms with E-state index in [-0.39, 0.29) is 12.0 Å². The summed E-state index contributed by atoms with van der Waals surface area (Å²) in [5.41, 5.74) is 0. The number of amides is 1. The Balaban J connectivity index is 1.52. The van der Waals surface area contributed by atoms with Crippen LogP contribution < -0.4 is 0 Å². The van der Waals surface area contributed by atoms with Crippen LogP contribution in [0.25, 0.3) is 0 Å². The fourth-order valence-corrected chi connectivity index (χ4v) is 3.68. The van der Waals surface area contributed by atoms with E-state index < -0.39 is 0 Å². The van der Waals surface area contributed by atoms with Crippen LogP contribution in [-0.2, 0) is 0 Å². The standard InChI is InChI=1S/C15H23N3O2S/c1-2-12(19)10-17-5-7-18(8-6-17)15(20)13-9-16-14(21-13)11-3-4-11/h9,11-12,19H,2-8,10H2,1H3. The number of aliphatic hydroxyl groups excluding tert-OH is 1. The highest BCUT2D eigenvalue weighted by Crippen LogP contribution is 2.41. The summed E-state index contributed by atoms with van der Waals surface area (Å²) in [5, 5.41) is 10.8. The third-order valence-electron chi connectivity index (χ3n) is 4.26. The van der Waals surface area contributed by atoms with E-state index in [2.05, 4.69) is 9.88 Å². The number of aromatic nitrogens is 1. The van der Waals surface area contributed by atoms with Gasteiger partial charge < -0.3 is 10.0 Å². The number of thiazole rings is 1. The first-order valence-electron chi connectivity index (χ1n) is 7.82. The summed E-state index contributed by atoms with van der Waals surface area (Å²) in [6.45, 7) is 5.88. The van der Waals surface area contributed by atoms with Crippen LogP contribution in [0.3, 0.4) is 0 Å². The van der Waals surface area contributed by atoms with Gasteiger partial charge in [-0.15, -0.1) is 11.3 Å². The molecule has 1 N–H and O–H groups in total. The fourth-order valence-electron chi connectivity index (χ4n) is 2.62. The van der Waals surface area contributed by atoms with Crippen molar-refractivity contribution < 1.29 is 9.90 Å². The molecule has 2 fully saturated rings. The molecule has 3 rings (SSSR count). The molecule has 0 aromatic carbocycles. The molecule has 1 unspecified atom stereocenters. The summed E-state index contributed by atoms with van der Waals surface area (Å²) < 4.78 is 0. The third kappa shape index (κ3) is 3.62. The second kappa shape index (κ2) is 6.42. The van der Waals surface area contributed by atoms with Crippen molar-refractivity contribution in [3.8, 4) is 0 Å². The Bertz CT molecular complexity index is 493. The van der Waals surface area contributed by atoms with Crippen molar-refractivity contribution in [2.45, 2.75) is 38.2 Å². The molecule has 1 saturated heterocycles. The number of carbonyl (C=O) groups is 1. The molecule has 0 radical (unpaired) electrons. The molecule has 1 aliphatic carbocycles. The zero-order chi connectivity index (χ0) is 14.8. The van der Waals surface area contributed by atoms with Gasteiger partial charge in [0.15, 0.2) is 0 Å². The van der Waals surface area contributed by atoms with Crippen LogP contribution in [0.1, 0.15) is 46.8 Å². The molecule has 1 amide bonds. The van der Waals surface area contributed by atoms with Crippen molar-refractivity contribution in [2.24, 2.45) is 0 Å². The van der Waals surface area contributed by atoms with Gasteiger partial charge in [0.05, 0.1) is 17.3 Å². The molecular formula is C15H23N3O2S. The second-order valence-corrected chi connectivity index (χ2v) is 7.05. The molecule has 0 bridgehead atoms. The summed E-state index contributed by atoms with van der Waals surface area (Å²) in [6, 6.07) is 0. The van der Waals surface area contributed by atoms with Crippen molar-refractivity contribution in [2.75, 3.05) is 32.7 Å². The van der Waals surface area contributed by atoms with E-state index in [0.717, 1.165) is 42.5 Å². The van der Waals surface area contributed by atoms with E-state index >= 15 is 0 Å². The van der Waals surface area contributed by atoms with E-state index in [1.807, 2.05) is 11.8 Å². The minimum atomic E-state index is -0.255. The molecule has 0 spiro atoms. The monoisotopic (exact) mass is 309 g/mol. The Morgan fingerprint density at radius 2 is 2.14 bits per heavy atom. The Hall–Kier alpha value is -0.980. The van der Waals surface area contributed by atoms with Crippen molar-refractivity contribution in [3.63, 3.8) is 0 Å². The summed E-state index contributed by atoms with van der Waals surface area (Å²) in [5.74, 6) is 0.735. The lowest BCUT2D eigenvalue weighted by Crippen LogP contribution is -2.50. The highest BCUT2D eigenvalue weighted by Gasteiger charge is 2.29. The minimum Gasteiger partial charge on any atom is -0.392 e. The lowest BCUT2D eigenvalue weighted by atomic mass is 10.2. The predicted molar refractivity (Wildman–Crippen MR) is 82.7 cm³/mol. The van der Waals surface area contributed by atoms with Gasteiger partial charge >= 0.3 is 0 Å². The molecule has 116 valence electrons. The number of nitrogens with zero attached hydrogens (tertiary/aromatic N) is 3. The topological polar surface area (TPSA) is 56.7 Å². The van der Waals surface area contributed by atoms with E-state index in [1.54, 1.807) is 17.5 Å². The second-order valence-electron chi connectivity index (χ2n) is 5.99. The predicted octanol–water partition coefficient (Wildman–Crippen LogP) is 1.55. The molecule has 1 saturated carbocycles. The Morgan fingerprint density at radius 3 is 2.76 bits per heavy atom. The summed E-state index contributed by atoms with van der Waals surface area (Å²) in [4.78, 5) is 21.8. The lowest BCUT2D eigenvalue weighted by Gasteiger charge is -2.35. The van der Waals surface area contributed by atoms with E-state index in [0.29, 0.717) is 12.5 Å². The molecule has 2 aliphatic rings. The average Bonchev–Trinajstić information content (AvgIpc) is 3.24. The van der Waals surface area contributed by atoms with Crippen molar-refractivity contribution >= 4 is 17.2 Å². The molecule has 6 heteroatoms. The number of β-amino-alcohol motifs (C(OH)–C–C–N with tert-alkyl or cyclic N) is 1. The summed E-state index contributed by atoms with van der Waals surface area (Å²) >= 11 is 1.56. The van der Waals surface area contributed by atoms with E-state index in [1.165, 1.54) is 12.8 Å². The van der Waals surface area contributed by atoms with Gasteiger partial charge in [-0.3, -0.25) is 9.69 Å². The fraction of sp³-hybridized carbons (Fsp3) is 0.733. The van der Waals surface area contributed by atoms with E-state index in [9.17, 15) is 9.90 Å². The molecule has 1 aromatic rings. The number of hydrogen-bond donors (Lipinski definition) is 1. The van der Waals surface area contributed by atoms with Crippen LogP contribution in [0.5, 0.6) is 0 Å². The molecule has 2 heterocycles. The van der Waals surface area contributed by atoms with Crippen molar-refractivity contribution in [1.82, 2.24) is 14.8 Å². The summed E-state index contributed by atoms with van der Waals surface area (Å²) in [6.07, 6.45) is 4.71. The van der Waals surface area contributed by atoms with Gasteiger partial charge in [0.25, 0.3) is 5.91 Å². The molecule has 21 heavy (non-hydrogen) atoms. The zero-order valence-electron chi connectivity index (χ0n) is 12.5. The smallest absolute Gasteiger partial charge is 0.265 e. The van der Waals surface area contributed by atoms with Gasteiger partial charge in [0, 0.05) is 38.6 Å². The van der Waals surface area contributed by atoms with Gasteiger partial charge in [-0.1, -0.05) is 6.92 Å². The van der Waals surface area contributed by atoms with Gasteiger partial charge in [-0.05, 0) is 19.3 Å². The van der Waals surface area contributed by atoms with Crippen LogP contribution in [-0.4, -0.2) is 64.6 Å². The molecule has 5 nitrogen and oxygen atoms in total. The number of piperazine rings is 1. The maximum atomic E-state index is 12.5. The first kappa shape index (κ1) is 14.9. The van der Waals surface area contributed by atoms with Crippen LogP contribution in [0.2, 0.25) is 0 Å². The zero-order valence-corrected chi connectivity index (χ0v) is 13.3. The number of carbonyl (C=O) groups excluding carboxylic acids is 1. The quantitative estimate of drug-likeness (QED) is 0.896. The van der Waals surface area contributed by atoms with Crippen LogP contribution in [0.4, 0.5) is 0 Å². The minimum absolute atomic E-state index is 0.120. The van der Waals surface area contributed by atoms with Gasteiger partial charge in [-0.25, -0.2) is 4.98 Å². The Labute approximate surface area is 129 Å². The number of aliphatic hydroxyl groups is 1. The molecule has 1 aromatic heterocycles. The SMILES string of the molecule is CCC(O)CN1CCN(C(=O)c2cnc(C3CC3)s2)CC1. The third-order valence-corrected chi connectivity index (χ3v) is 5.41. The number of hydrogen-bond acceptors (Lipinski definition) is 5. The maximum Gasteiger partial charge on any atom is 0.265 e. The summed E-state index contributed by atoms with van der Waals surface area (Å²) in [7, 11) is 0. The highest BCUT2D eigenvalue weighted by molar-refractivity contribution is 7.13.